The maximum Gasteiger partial charge on any atom is 1.00 e. The van der Waals surface area contributed by atoms with E-state index >= 15 is 0 Å². The van der Waals surface area contributed by atoms with E-state index in [1.165, 1.54) is 0 Å². The van der Waals surface area contributed by atoms with Gasteiger partial charge < -0.3 is 5.89 Å². The van der Waals surface area contributed by atoms with Gasteiger partial charge in [0.2, 0.25) is 10.1 Å². The molecule has 0 aliphatic rings. The van der Waals surface area contributed by atoms with Crippen molar-refractivity contribution in [2.45, 2.75) is 0 Å². The number of hydrogen-bond acceptors (Lipinski definition) is 1. The molecule has 0 aliphatic carbocycles. The molecule has 22 valence electrons. The van der Waals surface area contributed by atoms with Gasteiger partial charge in [-0.05, 0) is 0 Å². The summed E-state index contributed by atoms with van der Waals surface area (Å²) in [7, 11) is 0.611. The molecule has 4 heteroatoms. The molecule has 0 saturated heterocycles. The zero-order valence-electron chi connectivity index (χ0n) is 3.47. The summed E-state index contributed by atoms with van der Waals surface area (Å²) >= 11 is 0. The van der Waals surface area contributed by atoms with Crippen LogP contribution in [0.4, 0.5) is 0 Å². The van der Waals surface area contributed by atoms with E-state index in [4.69, 9.17) is 4.46 Å². The van der Waals surface area contributed by atoms with Crippen LogP contribution in [0.3, 0.4) is 0 Å². The topological polar surface area (TPSA) is 17.1 Å². The molecule has 0 aliphatic heterocycles. The van der Waals surface area contributed by atoms with Crippen LogP contribution in [0.5, 0.6) is 0 Å². The number of rotatable bonds is 0. The van der Waals surface area contributed by atoms with Crippen LogP contribution in [0.25, 0.3) is 0 Å². The smallest absolute Gasteiger partial charge is 1.00 e. The quantitative estimate of drug-likeness (QED) is 0.291. The van der Waals surface area contributed by atoms with Crippen LogP contribution in [-0.4, -0.2) is 10.1 Å². The van der Waals surface area contributed by atoms with E-state index in [0.717, 1.165) is 0 Å². The standard InChI is InChI=1S/Fe.Li.H2OSi.H/c;;1-2;/h;;2H2;/q;+1;;-1. The van der Waals surface area contributed by atoms with E-state index in [2.05, 4.69) is 0 Å². The normalized spacial score (nSPS) is 1.00. The van der Waals surface area contributed by atoms with Crippen molar-refractivity contribution in [1.29, 1.82) is 0 Å². The van der Waals surface area contributed by atoms with Crippen LogP contribution in [0.2, 0.25) is 0 Å². The summed E-state index contributed by atoms with van der Waals surface area (Å²) in [6.07, 6.45) is 0. The first-order valence-corrected chi connectivity index (χ1v) is 0.866. The molecule has 0 heterocycles. The molecule has 0 fully saturated rings. The van der Waals surface area contributed by atoms with Crippen LogP contribution in [0, 0.1) is 0 Å². The first-order chi connectivity index (χ1) is 1.00. The Morgan fingerprint density at radius 1 is 1.50 bits per heavy atom. The van der Waals surface area contributed by atoms with Gasteiger partial charge in [-0.25, -0.2) is 0 Å². The van der Waals surface area contributed by atoms with E-state index in [0.29, 0.717) is 10.1 Å². The average Bonchev–Trinajstić information content (AvgIpc) is 1.00. The summed E-state index contributed by atoms with van der Waals surface area (Å²) < 4.78 is 8.28. The third kappa shape index (κ3) is 11.1. The third-order valence-corrected chi connectivity index (χ3v) is 0. The van der Waals surface area contributed by atoms with Gasteiger partial charge in [0.15, 0.2) is 0 Å². The molecule has 0 aromatic carbocycles. The molecule has 0 unspecified atom stereocenters. The van der Waals surface area contributed by atoms with Crippen molar-refractivity contribution >= 4 is 10.1 Å². The molecule has 1 nitrogen and oxygen atoms in total. The molecule has 0 bridgehead atoms. The molecule has 0 amide bonds. The second-order valence-corrected chi connectivity index (χ2v) is 0. The van der Waals surface area contributed by atoms with Gasteiger partial charge >= 0.3 is 18.9 Å². The first-order valence-electron chi connectivity index (χ1n) is 0.289. The van der Waals surface area contributed by atoms with Crippen LogP contribution in [0.15, 0.2) is 0 Å². The molecule has 0 aromatic rings. The predicted octanol–water partition coefficient (Wildman–Crippen LogP) is -3.92. The first kappa shape index (κ1) is 19.3. The molecule has 0 spiro atoms. The van der Waals surface area contributed by atoms with Crippen LogP contribution in [0.1, 0.15) is 1.43 Å². The van der Waals surface area contributed by atoms with Gasteiger partial charge in [-0.15, -0.1) is 0 Å². The Balaban J connectivity index is -0.00000000167. The Morgan fingerprint density at radius 3 is 1.50 bits per heavy atom. The minimum atomic E-state index is 0. The monoisotopic (exact) mass is 110 g/mol. The Kier molecular flexibility index (Phi) is 152. The maximum atomic E-state index is 8.28. The summed E-state index contributed by atoms with van der Waals surface area (Å²) in [5.41, 5.74) is 0. The molecular formula is H3FeLiOSi. The fourth-order valence-electron chi connectivity index (χ4n) is 0. The Morgan fingerprint density at radius 2 is 1.50 bits per heavy atom. The Bertz CT molecular complexity index is 11.6. The molecule has 4 heavy (non-hydrogen) atoms. The predicted molar refractivity (Wildman–Crippen MR) is 10.3 cm³/mol. The average molecular weight is 110 g/mol. The molecular weight excluding hydrogens is 107 g/mol. The van der Waals surface area contributed by atoms with Gasteiger partial charge in [0.25, 0.3) is 0 Å². The van der Waals surface area contributed by atoms with Gasteiger partial charge in [0, 0.05) is 17.1 Å². The molecule has 0 radical (unpaired) electrons. The maximum absolute atomic E-state index is 8.28. The molecule has 0 rings (SSSR count). The van der Waals surface area contributed by atoms with Crippen molar-refractivity contribution in [2.24, 2.45) is 0 Å². The Hall–Kier alpha value is 1.13. The minimum Gasteiger partial charge on any atom is -1.00 e. The van der Waals surface area contributed by atoms with Crippen molar-refractivity contribution in [1.82, 2.24) is 0 Å². The summed E-state index contributed by atoms with van der Waals surface area (Å²) in [6, 6.07) is 0. The van der Waals surface area contributed by atoms with Gasteiger partial charge in [0.05, 0.1) is 0 Å². The van der Waals surface area contributed by atoms with E-state index in [9.17, 15) is 0 Å². The zero-order valence-corrected chi connectivity index (χ0v) is 4.99. The van der Waals surface area contributed by atoms with Gasteiger partial charge in [-0.3, -0.25) is 0 Å². The van der Waals surface area contributed by atoms with Crippen molar-refractivity contribution in [3.63, 3.8) is 0 Å². The summed E-state index contributed by atoms with van der Waals surface area (Å²) in [6.45, 7) is 0. The molecule has 0 aromatic heterocycles. The summed E-state index contributed by atoms with van der Waals surface area (Å²) in [4.78, 5) is 0. The van der Waals surface area contributed by atoms with Crippen LogP contribution in [-0.2, 0) is 21.5 Å². The second-order valence-electron chi connectivity index (χ2n) is 0. The third-order valence-electron chi connectivity index (χ3n) is 0. The fourth-order valence-corrected chi connectivity index (χ4v) is 0. The summed E-state index contributed by atoms with van der Waals surface area (Å²) in [5, 5.41) is 0. The van der Waals surface area contributed by atoms with E-state index in [-0.39, 0.29) is 37.4 Å². The van der Waals surface area contributed by atoms with Crippen molar-refractivity contribution in [3.8, 4) is 0 Å². The summed E-state index contributed by atoms with van der Waals surface area (Å²) in [5.74, 6) is 0. The van der Waals surface area contributed by atoms with Crippen molar-refractivity contribution in [3.05, 3.63) is 0 Å². The SMILES string of the molecule is O=[SiH2].[Fe].[H-].[Li+]. The van der Waals surface area contributed by atoms with Gasteiger partial charge in [-0.2, -0.15) is 0 Å². The van der Waals surface area contributed by atoms with Crippen molar-refractivity contribution < 1.29 is 41.8 Å². The number of hydrogen-bond donors (Lipinski definition) is 0. The van der Waals surface area contributed by atoms with Gasteiger partial charge in [0.1, 0.15) is 0 Å². The fraction of sp³-hybridized carbons (Fsp3) is 0. The van der Waals surface area contributed by atoms with E-state index in [1.54, 1.807) is 0 Å². The van der Waals surface area contributed by atoms with Crippen LogP contribution >= 0.6 is 0 Å². The van der Waals surface area contributed by atoms with Gasteiger partial charge in [-0.1, -0.05) is 0 Å². The second kappa shape index (κ2) is 31.6. The van der Waals surface area contributed by atoms with Crippen LogP contribution < -0.4 is 18.9 Å². The molecule has 0 N–H and O–H groups in total. The minimum absolute atomic E-state index is 0. The molecule has 0 atom stereocenters. The zero-order chi connectivity index (χ0) is 2.00. The molecule has 0 saturated carbocycles. The Labute approximate surface area is 52.2 Å². The van der Waals surface area contributed by atoms with E-state index < -0.39 is 0 Å². The largest absolute Gasteiger partial charge is 1.00 e. The van der Waals surface area contributed by atoms with E-state index in [1.807, 2.05) is 0 Å². The van der Waals surface area contributed by atoms with Crippen molar-refractivity contribution in [2.75, 3.05) is 0 Å².